The molecule has 112 valence electrons. The van der Waals surface area contributed by atoms with Crippen molar-refractivity contribution in [1.82, 2.24) is 20.1 Å². The van der Waals surface area contributed by atoms with Crippen molar-refractivity contribution in [2.75, 3.05) is 6.54 Å². The van der Waals surface area contributed by atoms with Crippen LogP contribution in [0.1, 0.15) is 6.92 Å². The monoisotopic (exact) mass is 300 g/mol. The number of carbonyl (C=O) groups is 1. The van der Waals surface area contributed by atoms with Crippen molar-refractivity contribution in [3.63, 3.8) is 0 Å². The number of nitrogens with zero attached hydrogens (tertiary/aromatic N) is 2. The summed E-state index contributed by atoms with van der Waals surface area (Å²) in [5.74, 6) is -0.423. The van der Waals surface area contributed by atoms with Crippen LogP contribution in [0.5, 0.6) is 0 Å². The first kappa shape index (κ1) is 14.0. The van der Waals surface area contributed by atoms with Crippen LogP contribution >= 0.6 is 0 Å². The zero-order chi connectivity index (χ0) is 15.7. The van der Waals surface area contributed by atoms with E-state index in [2.05, 4.69) is 15.5 Å². The molecule has 0 unspecified atom stereocenters. The lowest BCUT2D eigenvalue weighted by Gasteiger charge is -2.05. The van der Waals surface area contributed by atoms with Crippen molar-refractivity contribution in [1.29, 1.82) is 0 Å². The summed E-state index contributed by atoms with van der Waals surface area (Å²) >= 11 is 0. The van der Waals surface area contributed by atoms with Crippen LogP contribution in [0.25, 0.3) is 22.2 Å². The topological polar surface area (TPSA) is 79.8 Å². The Morgan fingerprint density at radius 2 is 2.23 bits per heavy atom. The Bertz CT molecular complexity index is 913. The van der Waals surface area contributed by atoms with Crippen molar-refractivity contribution in [3.8, 4) is 11.3 Å². The second-order valence-electron chi connectivity index (χ2n) is 4.70. The lowest BCUT2D eigenvalue weighted by Crippen LogP contribution is -2.35. The van der Waals surface area contributed by atoms with E-state index < -0.39 is 17.4 Å². The molecule has 22 heavy (non-hydrogen) atoms. The molecule has 7 heteroatoms. The number of carbonyl (C=O) groups excluding carboxylic acids is 1. The summed E-state index contributed by atoms with van der Waals surface area (Å²) in [6.45, 7) is 2.17. The van der Waals surface area contributed by atoms with Crippen LogP contribution in [-0.2, 0) is 0 Å². The van der Waals surface area contributed by atoms with Gasteiger partial charge in [-0.25, -0.2) is 13.8 Å². The molecular weight excluding hydrogens is 287 g/mol. The Labute approximate surface area is 124 Å². The summed E-state index contributed by atoms with van der Waals surface area (Å²) in [5, 5.41) is 9.62. The zero-order valence-electron chi connectivity index (χ0n) is 11.8. The highest BCUT2D eigenvalue weighted by Crippen LogP contribution is 2.23. The SMILES string of the molecule is CCNC(=O)n1ccc2[nH]nc(-c3cccc(F)c3)c2c1=O. The standard InChI is InChI=1S/C15H13FN4O2/c1-2-17-15(22)20-7-6-11-12(14(20)21)13(19-18-11)9-4-3-5-10(16)8-9/h3-8H,2H2,1H3,(H,17,22)(H,18,19). The van der Waals surface area contributed by atoms with Crippen LogP contribution in [0.2, 0.25) is 0 Å². The van der Waals surface area contributed by atoms with Crippen LogP contribution in [0.4, 0.5) is 9.18 Å². The molecule has 2 aromatic heterocycles. The van der Waals surface area contributed by atoms with E-state index in [-0.39, 0.29) is 5.39 Å². The highest BCUT2D eigenvalue weighted by molar-refractivity contribution is 5.93. The normalized spacial score (nSPS) is 10.8. The van der Waals surface area contributed by atoms with Gasteiger partial charge in [0.25, 0.3) is 5.56 Å². The number of aromatic amines is 1. The lowest BCUT2D eigenvalue weighted by atomic mass is 10.1. The average molecular weight is 300 g/mol. The summed E-state index contributed by atoms with van der Waals surface area (Å²) in [6.07, 6.45) is 1.38. The number of hydrogen-bond acceptors (Lipinski definition) is 3. The Balaban J connectivity index is 2.23. The third kappa shape index (κ3) is 2.26. The third-order valence-electron chi connectivity index (χ3n) is 3.26. The molecule has 6 nitrogen and oxygen atoms in total. The van der Waals surface area contributed by atoms with E-state index in [1.165, 1.54) is 24.4 Å². The molecule has 0 atom stereocenters. The van der Waals surface area contributed by atoms with E-state index >= 15 is 0 Å². The minimum atomic E-state index is -0.513. The molecule has 0 aliphatic carbocycles. The fourth-order valence-corrected chi connectivity index (χ4v) is 2.27. The van der Waals surface area contributed by atoms with E-state index in [1.54, 1.807) is 19.1 Å². The van der Waals surface area contributed by atoms with Crippen LogP contribution in [0.3, 0.4) is 0 Å². The number of benzene rings is 1. The fourth-order valence-electron chi connectivity index (χ4n) is 2.27. The number of aromatic nitrogens is 3. The third-order valence-corrected chi connectivity index (χ3v) is 3.26. The number of rotatable bonds is 2. The van der Waals surface area contributed by atoms with Crippen molar-refractivity contribution >= 4 is 16.9 Å². The summed E-state index contributed by atoms with van der Waals surface area (Å²) in [5.41, 5.74) is 0.774. The molecule has 2 heterocycles. The number of H-pyrrole nitrogens is 1. The van der Waals surface area contributed by atoms with Gasteiger partial charge in [0.05, 0.1) is 10.9 Å². The smallest absolute Gasteiger partial charge is 0.328 e. The van der Waals surface area contributed by atoms with Crippen molar-refractivity contribution < 1.29 is 9.18 Å². The van der Waals surface area contributed by atoms with Gasteiger partial charge in [0, 0.05) is 18.3 Å². The van der Waals surface area contributed by atoms with E-state index in [1.807, 2.05) is 0 Å². The highest BCUT2D eigenvalue weighted by atomic mass is 19.1. The van der Waals surface area contributed by atoms with Crippen molar-refractivity contribution in [2.45, 2.75) is 6.92 Å². The molecule has 1 aromatic carbocycles. The summed E-state index contributed by atoms with van der Waals surface area (Å²) in [7, 11) is 0. The maximum Gasteiger partial charge on any atom is 0.328 e. The minimum absolute atomic E-state index is 0.249. The fraction of sp³-hybridized carbons (Fsp3) is 0.133. The second-order valence-corrected chi connectivity index (χ2v) is 4.70. The number of pyridine rings is 1. The molecule has 0 radical (unpaired) electrons. The molecule has 0 spiro atoms. The Morgan fingerprint density at radius 3 is 2.95 bits per heavy atom. The first-order valence-corrected chi connectivity index (χ1v) is 6.75. The van der Waals surface area contributed by atoms with E-state index in [0.717, 1.165) is 4.57 Å². The van der Waals surface area contributed by atoms with Gasteiger partial charge in [-0.05, 0) is 25.1 Å². The number of fused-ring (bicyclic) bond motifs is 1. The van der Waals surface area contributed by atoms with E-state index in [0.29, 0.717) is 23.3 Å². The molecule has 2 N–H and O–H groups in total. The summed E-state index contributed by atoms with van der Waals surface area (Å²) < 4.78 is 14.4. The number of halogens is 1. The number of amides is 1. The largest absolute Gasteiger partial charge is 0.338 e. The number of nitrogens with one attached hydrogen (secondary N) is 2. The zero-order valence-corrected chi connectivity index (χ0v) is 11.8. The van der Waals surface area contributed by atoms with Gasteiger partial charge in [-0.15, -0.1) is 0 Å². The van der Waals surface area contributed by atoms with Crippen LogP contribution in [0.15, 0.2) is 41.3 Å². The van der Waals surface area contributed by atoms with E-state index in [4.69, 9.17) is 0 Å². The molecule has 3 aromatic rings. The van der Waals surface area contributed by atoms with Gasteiger partial charge in [-0.2, -0.15) is 5.10 Å². The summed E-state index contributed by atoms with van der Waals surface area (Å²) in [4.78, 5) is 24.4. The first-order valence-electron chi connectivity index (χ1n) is 6.75. The molecule has 3 rings (SSSR count). The quantitative estimate of drug-likeness (QED) is 0.760. The molecule has 0 fully saturated rings. The number of hydrogen-bond donors (Lipinski definition) is 2. The van der Waals surface area contributed by atoms with Crippen molar-refractivity contribution in [3.05, 3.63) is 52.7 Å². The predicted molar refractivity (Wildman–Crippen MR) is 80.2 cm³/mol. The molecule has 1 amide bonds. The second kappa shape index (κ2) is 5.44. The average Bonchev–Trinajstić information content (AvgIpc) is 2.92. The van der Waals surface area contributed by atoms with Gasteiger partial charge in [-0.3, -0.25) is 9.89 Å². The maximum atomic E-state index is 13.4. The summed E-state index contributed by atoms with van der Waals surface area (Å²) in [6, 6.07) is 6.87. The van der Waals surface area contributed by atoms with Crippen LogP contribution in [-0.4, -0.2) is 27.3 Å². The van der Waals surface area contributed by atoms with Gasteiger partial charge in [-0.1, -0.05) is 12.1 Å². The van der Waals surface area contributed by atoms with Gasteiger partial charge in [0.15, 0.2) is 0 Å². The Kier molecular flexibility index (Phi) is 3.46. The van der Waals surface area contributed by atoms with Crippen LogP contribution in [0, 0.1) is 5.82 Å². The van der Waals surface area contributed by atoms with Crippen molar-refractivity contribution in [2.24, 2.45) is 0 Å². The molecule has 0 saturated carbocycles. The molecule has 0 bridgehead atoms. The van der Waals surface area contributed by atoms with Crippen LogP contribution < -0.4 is 10.9 Å². The van der Waals surface area contributed by atoms with Gasteiger partial charge in [0.1, 0.15) is 11.5 Å². The minimum Gasteiger partial charge on any atom is -0.338 e. The Hall–Kier alpha value is -2.96. The molecule has 0 saturated heterocycles. The maximum absolute atomic E-state index is 13.4. The van der Waals surface area contributed by atoms with E-state index in [9.17, 15) is 14.0 Å². The molecule has 0 aliphatic heterocycles. The molecule has 0 aliphatic rings. The Morgan fingerprint density at radius 1 is 1.41 bits per heavy atom. The predicted octanol–water partition coefficient (Wildman–Crippen LogP) is 2.11. The lowest BCUT2D eigenvalue weighted by molar-refractivity contribution is 0.242. The molecular formula is C15H13FN4O2. The highest BCUT2D eigenvalue weighted by Gasteiger charge is 2.16. The van der Waals surface area contributed by atoms with Gasteiger partial charge >= 0.3 is 6.03 Å². The first-order chi connectivity index (χ1) is 10.6. The van der Waals surface area contributed by atoms with Gasteiger partial charge < -0.3 is 5.32 Å². The van der Waals surface area contributed by atoms with Gasteiger partial charge in [0.2, 0.25) is 0 Å².